The molecule has 0 aromatic heterocycles. The average Bonchev–Trinajstić information content (AvgIpc) is 2.69. The lowest BCUT2D eigenvalue weighted by Gasteiger charge is -2.22. The van der Waals surface area contributed by atoms with E-state index in [2.05, 4.69) is 15.4 Å². The maximum absolute atomic E-state index is 12.7. The molecule has 28 heavy (non-hydrogen) atoms. The molecule has 0 saturated carbocycles. The highest BCUT2D eigenvalue weighted by molar-refractivity contribution is 7.89. The van der Waals surface area contributed by atoms with Crippen molar-refractivity contribution in [1.82, 2.24) is 15.4 Å². The predicted molar refractivity (Wildman–Crippen MR) is 105 cm³/mol. The van der Waals surface area contributed by atoms with Crippen molar-refractivity contribution < 1.29 is 18.0 Å². The van der Waals surface area contributed by atoms with Crippen LogP contribution < -0.4 is 15.4 Å². The maximum Gasteiger partial charge on any atom is 0.251 e. The molecule has 0 radical (unpaired) electrons. The first-order chi connectivity index (χ1) is 13.4. The first-order valence-electron chi connectivity index (χ1n) is 8.78. The molecule has 0 spiro atoms. The zero-order valence-electron chi connectivity index (χ0n) is 14.9. The van der Waals surface area contributed by atoms with Gasteiger partial charge in [0.25, 0.3) is 5.91 Å². The van der Waals surface area contributed by atoms with E-state index in [4.69, 9.17) is 11.6 Å². The Morgan fingerprint density at radius 3 is 2.64 bits per heavy atom. The van der Waals surface area contributed by atoms with Crippen LogP contribution in [0.3, 0.4) is 0 Å². The molecule has 3 rings (SSSR count). The number of hydrogen-bond acceptors (Lipinski definition) is 4. The Labute approximate surface area is 168 Å². The molecule has 3 N–H and O–H groups in total. The van der Waals surface area contributed by atoms with Crippen molar-refractivity contribution in [2.75, 3.05) is 6.54 Å². The van der Waals surface area contributed by atoms with Crippen molar-refractivity contribution in [2.45, 2.75) is 30.3 Å². The van der Waals surface area contributed by atoms with E-state index >= 15 is 0 Å². The molecule has 1 aliphatic rings. The first-order valence-corrected chi connectivity index (χ1v) is 10.6. The number of benzene rings is 2. The molecule has 2 aromatic carbocycles. The van der Waals surface area contributed by atoms with Crippen molar-refractivity contribution in [3.8, 4) is 0 Å². The van der Waals surface area contributed by atoms with Crippen molar-refractivity contribution in [3.63, 3.8) is 0 Å². The van der Waals surface area contributed by atoms with Crippen molar-refractivity contribution in [1.29, 1.82) is 0 Å². The summed E-state index contributed by atoms with van der Waals surface area (Å²) in [6.45, 7) is 0.680. The normalized spacial score (nSPS) is 17.0. The third-order valence-electron chi connectivity index (χ3n) is 4.38. The maximum atomic E-state index is 12.7. The minimum absolute atomic E-state index is 0.00696. The standard InChI is InChI=1S/C19H20ClN3O4S/c20-15-9-8-14(18(24)23-16-7-4-10-21-19(16)25)11-17(15)28(26,27)22-12-13-5-2-1-3-6-13/h1-3,5-6,8-9,11,16,22H,4,7,10,12H2,(H,21,25)(H,23,24). The Morgan fingerprint density at radius 1 is 1.18 bits per heavy atom. The van der Waals surface area contributed by atoms with Crippen LogP contribution >= 0.6 is 11.6 Å². The number of nitrogens with one attached hydrogen (secondary N) is 3. The lowest BCUT2D eigenvalue weighted by Crippen LogP contribution is -2.50. The highest BCUT2D eigenvalue weighted by Gasteiger charge is 2.25. The summed E-state index contributed by atoms with van der Waals surface area (Å²) in [7, 11) is -3.93. The van der Waals surface area contributed by atoms with E-state index in [1.807, 2.05) is 18.2 Å². The molecule has 2 aromatic rings. The van der Waals surface area contributed by atoms with Gasteiger partial charge in [-0.3, -0.25) is 9.59 Å². The number of carbonyl (C=O) groups excluding carboxylic acids is 2. The quantitative estimate of drug-likeness (QED) is 0.661. The van der Waals surface area contributed by atoms with Crippen LogP contribution in [0.15, 0.2) is 53.4 Å². The Balaban J connectivity index is 1.76. The van der Waals surface area contributed by atoms with Gasteiger partial charge in [-0.1, -0.05) is 41.9 Å². The van der Waals surface area contributed by atoms with Crippen LogP contribution in [-0.2, 0) is 21.4 Å². The SMILES string of the molecule is O=C(NC1CCCNC1=O)c1ccc(Cl)c(S(=O)(=O)NCc2ccccc2)c1. The second-order valence-electron chi connectivity index (χ2n) is 6.41. The third kappa shape index (κ3) is 4.89. The van der Waals surface area contributed by atoms with E-state index in [-0.39, 0.29) is 27.9 Å². The van der Waals surface area contributed by atoms with Crippen molar-refractivity contribution in [3.05, 3.63) is 64.7 Å². The monoisotopic (exact) mass is 421 g/mol. The van der Waals surface area contributed by atoms with Gasteiger partial charge in [0.15, 0.2) is 0 Å². The highest BCUT2D eigenvalue weighted by Crippen LogP contribution is 2.23. The summed E-state index contributed by atoms with van der Waals surface area (Å²) in [5.41, 5.74) is 0.905. The first kappa shape index (κ1) is 20.3. The van der Waals surface area contributed by atoms with Gasteiger partial charge in [0.1, 0.15) is 10.9 Å². The molecule has 0 bridgehead atoms. The summed E-state index contributed by atoms with van der Waals surface area (Å²) in [5, 5.41) is 5.32. The minimum atomic E-state index is -3.93. The van der Waals surface area contributed by atoms with Crippen molar-refractivity contribution >= 4 is 33.4 Å². The van der Waals surface area contributed by atoms with Crippen LogP contribution in [0, 0.1) is 0 Å². The van der Waals surface area contributed by atoms with Crippen LogP contribution in [0.4, 0.5) is 0 Å². The lowest BCUT2D eigenvalue weighted by atomic mass is 10.1. The summed E-state index contributed by atoms with van der Waals surface area (Å²) in [4.78, 5) is 24.1. The fraction of sp³-hybridized carbons (Fsp3) is 0.263. The van der Waals surface area contributed by atoms with Gasteiger partial charge < -0.3 is 10.6 Å². The zero-order valence-corrected chi connectivity index (χ0v) is 16.5. The number of rotatable bonds is 6. The molecule has 7 nitrogen and oxygen atoms in total. The van der Waals surface area contributed by atoms with Crippen molar-refractivity contribution in [2.24, 2.45) is 0 Å². The Morgan fingerprint density at radius 2 is 1.93 bits per heavy atom. The smallest absolute Gasteiger partial charge is 0.251 e. The number of halogens is 1. The molecule has 1 saturated heterocycles. The van der Waals surface area contributed by atoms with Crippen LogP contribution in [0.25, 0.3) is 0 Å². The molecule has 1 unspecified atom stereocenters. The van der Waals surface area contributed by atoms with E-state index in [0.29, 0.717) is 13.0 Å². The topological polar surface area (TPSA) is 104 Å². The van der Waals surface area contributed by atoms with E-state index in [0.717, 1.165) is 12.0 Å². The molecule has 1 fully saturated rings. The molecular weight excluding hydrogens is 402 g/mol. The second kappa shape index (κ2) is 8.72. The fourth-order valence-electron chi connectivity index (χ4n) is 2.85. The van der Waals surface area contributed by atoms with Gasteiger partial charge in [0, 0.05) is 18.7 Å². The van der Waals surface area contributed by atoms with E-state index in [9.17, 15) is 18.0 Å². The number of hydrogen-bond donors (Lipinski definition) is 3. The molecule has 0 aliphatic carbocycles. The lowest BCUT2D eigenvalue weighted by molar-refractivity contribution is -0.124. The number of sulfonamides is 1. The van der Waals surface area contributed by atoms with E-state index in [1.165, 1.54) is 18.2 Å². The molecule has 1 atom stereocenters. The molecule has 1 aliphatic heterocycles. The molecule has 9 heteroatoms. The summed E-state index contributed by atoms with van der Waals surface area (Å²) in [5.74, 6) is -0.774. The molecular formula is C19H20ClN3O4S. The fourth-order valence-corrected chi connectivity index (χ4v) is 4.40. The second-order valence-corrected chi connectivity index (χ2v) is 8.56. The Bertz CT molecular complexity index is 980. The van der Waals surface area contributed by atoms with E-state index in [1.54, 1.807) is 12.1 Å². The predicted octanol–water partition coefficient (Wildman–Crippen LogP) is 1.83. The largest absolute Gasteiger partial charge is 0.354 e. The molecule has 2 amide bonds. The summed E-state index contributed by atoms with van der Waals surface area (Å²) in [6, 6.07) is 12.4. The van der Waals surface area contributed by atoms with Gasteiger partial charge in [-0.05, 0) is 36.6 Å². The molecule has 148 valence electrons. The van der Waals surface area contributed by atoms with E-state index < -0.39 is 22.0 Å². The Hall–Kier alpha value is -2.42. The summed E-state index contributed by atoms with van der Waals surface area (Å²) < 4.78 is 27.8. The van der Waals surface area contributed by atoms with Gasteiger partial charge >= 0.3 is 0 Å². The molecule has 1 heterocycles. The van der Waals surface area contributed by atoms with Crippen LogP contribution in [0.5, 0.6) is 0 Å². The van der Waals surface area contributed by atoms with Gasteiger partial charge in [-0.25, -0.2) is 13.1 Å². The minimum Gasteiger partial charge on any atom is -0.354 e. The van der Waals surface area contributed by atoms with Crippen LogP contribution in [-0.4, -0.2) is 32.8 Å². The summed E-state index contributed by atoms with van der Waals surface area (Å²) >= 11 is 6.07. The van der Waals surface area contributed by atoms with Gasteiger partial charge in [0.05, 0.1) is 5.02 Å². The third-order valence-corrected chi connectivity index (χ3v) is 6.27. The highest BCUT2D eigenvalue weighted by atomic mass is 35.5. The average molecular weight is 422 g/mol. The number of amides is 2. The number of carbonyl (C=O) groups is 2. The van der Waals surface area contributed by atoms with Crippen LogP contribution in [0.2, 0.25) is 5.02 Å². The number of piperidine rings is 1. The zero-order chi connectivity index (χ0) is 20.1. The Kier molecular flexibility index (Phi) is 6.33. The van der Waals surface area contributed by atoms with Gasteiger partial charge in [-0.2, -0.15) is 0 Å². The van der Waals surface area contributed by atoms with Gasteiger partial charge in [0.2, 0.25) is 15.9 Å². The summed E-state index contributed by atoms with van der Waals surface area (Å²) in [6.07, 6.45) is 1.30. The van der Waals surface area contributed by atoms with Gasteiger partial charge in [-0.15, -0.1) is 0 Å². The van der Waals surface area contributed by atoms with Crippen LogP contribution in [0.1, 0.15) is 28.8 Å².